The van der Waals surface area contributed by atoms with Crippen LogP contribution in [0.2, 0.25) is 0 Å². The van der Waals surface area contributed by atoms with Crippen LogP contribution < -0.4 is 11.1 Å². The van der Waals surface area contributed by atoms with Crippen molar-refractivity contribution < 1.29 is 9.53 Å². The Morgan fingerprint density at radius 1 is 1.32 bits per heavy atom. The molecule has 1 fully saturated rings. The normalized spacial score (nSPS) is 21.7. The predicted molar refractivity (Wildman–Crippen MR) is 77.8 cm³/mol. The van der Waals surface area contributed by atoms with E-state index >= 15 is 0 Å². The summed E-state index contributed by atoms with van der Waals surface area (Å²) in [5, 5.41) is 3.10. The molecule has 0 spiro atoms. The van der Waals surface area contributed by atoms with Crippen molar-refractivity contribution in [3.05, 3.63) is 0 Å². The van der Waals surface area contributed by atoms with Gasteiger partial charge in [-0.25, -0.2) is 0 Å². The van der Waals surface area contributed by atoms with Gasteiger partial charge in [0.15, 0.2) is 0 Å². The molecule has 1 aliphatic rings. The minimum Gasteiger partial charge on any atom is -0.380 e. The van der Waals surface area contributed by atoms with Gasteiger partial charge in [-0.1, -0.05) is 39.0 Å². The largest absolute Gasteiger partial charge is 0.380 e. The SMILES string of the molecule is COC(CN)CC(=O)NC(C)C(C)C1CCCCC1. The molecule has 1 saturated carbocycles. The molecule has 0 radical (unpaired) electrons. The molecule has 0 aliphatic heterocycles. The average Bonchev–Trinajstić information content (AvgIpc) is 2.44. The van der Waals surface area contributed by atoms with E-state index in [4.69, 9.17) is 10.5 Å². The van der Waals surface area contributed by atoms with E-state index < -0.39 is 0 Å². The van der Waals surface area contributed by atoms with Gasteiger partial charge < -0.3 is 15.8 Å². The first-order chi connectivity index (χ1) is 9.08. The standard InChI is InChI=1S/C15H30N2O2/c1-11(13-7-5-4-6-8-13)12(2)17-15(18)9-14(10-16)19-3/h11-14H,4-10,16H2,1-3H3,(H,17,18). The van der Waals surface area contributed by atoms with Crippen molar-refractivity contribution in [3.63, 3.8) is 0 Å². The van der Waals surface area contributed by atoms with Crippen LogP contribution in [0.1, 0.15) is 52.4 Å². The van der Waals surface area contributed by atoms with Gasteiger partial charge >= 0.3 is 0 Å². The number of rotatable bonds is 7. The van der Waals surface area contributed by atoms with Gasteiger partial charge in [-0.2, -0.15) is 0 Å². The van der Waals surface area contributed by atoms with Gasteiger partial charge in [0, 0.05) is 19.7 Å². The van der Waals surface area contributed by atoms with Crippen LogP contribution in [0.5, 0.6) is 0 Å². The Labute approximate surface area is 117 Å². The third-order valence-corrected chi connectivity index (χ3v) is 4.58. The van der Waals surface area contributed by atoms with Gasteiger partial charge in [0.2, 0.25) is 5.91 Å². The highest BCUT2D eigenvalue weighted by Gasteiger charge is 2.25. The predicted octanol–water partition coefficient (Wildman–Crippen LogP) is 2.07. The Morgan fingerprint density at radius 2 is 1.95 bits per heavy atom. The molecular weight excluding hydrogens is 240 g/mol. The lowest BCUT2D eigenvalue weighted by Gasteiger charge is -2.32. The molecule has 1 rings (SSSR count). The van der Waals surface area contributed by atoms with Gasteiger partial charge in [-0.15, -0.1) is 0 Å². The molecule has 0 saturated heterocycles. The fraction of sp³-hybridized carbons (Fsp3) is 0.933. The van der Waals surface area contributed by atoms with Crippen LogP contribution in [0.15, 0.2) is 0 Å². The van der Waals surface area contributed by atoms with E-state index in [0.717, 1.165) is 5.92 Å². The second-order valence-electron chi connectivity index (χ2n) is 5.91. The van der Waals surface area contributed by atoms with Crippen LogP contribution in [0.25, 0.3) is 0 Å². The topological polar surface area (TPSA) is 64.3 Å². The fourth-order valence-electron chi connectivity index (χ4n) is 2.98. The lowest BCUT2D eigenvalue weighted by molar-refractivity contribution is -0.124. The Bertz CT molecular complexity index is 261. The molecule has 1 amide bonds. The molecule has 19 heavy (non-hydrogen) atoms. The minimum absolute atomic E-state index is 0.0486. The molecule has 0 aromatic carbocycles. The monoisotopic (exact) mass is 270 g/mol. The highest BCUT2D eigenvalue weighted by Crippen LogP contribution is 2.31. The summed E-state index contributed by atoms with van der Waals surface area (Å²) in [5.41, 5.74) is 5.53. The highest BCUT2D eigenvalue weighted by atomic mass is 16.5. The molecule has 112 valence electrons. The summed E-state index contributed by atoms with van der Waals surface area (Å²) in [4.78, 5) is 11.9. The number of ether oxygens (including phenoxy) is 1. The maximum Gasteiger partial charge on any atom is 0.222 e. The third-order valence-electron chi connectivity index (χ3n) is 4.58. The van der Waals surface area contributed by atoms with Crippen molar-refractivity contribution >= 4 is 5.91 Å². The number of hydrogen-bond donors (Lipinski definition) is 2. The lowest BCUT2D eigenvalue weighted by Crippen LogP contribution is -2.42. The van der Waals surface area contributed by atoms with E-state index in [0.29, 0.717) is 18.9 Å². The number of methoxy groups -OCH3 is 1. The summed E-state index contributed by atoms with van der Waals surface area (Å²) in [6.45, 7) is 4.76. The average molecular weight is 270 g/mol. The number of nitrogens with two attached hydrogens (primary N) is 1. The Hall–Kier alpha value is -0.610. The Morgan fingerprint density at radius 3 is 2.47 bits per heavy atom. The summed E-state index contributed by atoms with van der Waals surface area (Å²) < 4.78 is 5.14. The van der Waals surface area contributed by atoms with Gasteiger partial charge in [0.05, 0.1) is 12.5 Å². The lowest BCUT2D eigenvalue weighted by atomic mass is 9.78. The van der Waals surface area contributed by atoms with Crippen LogP contribution in [-0.4, -0.2) is 31.7 Å². The van der Waals surface area contributed by atoms with E-state index in [1.54, 1.807) is 7.11 Å². The van der Waals surface area contributed by atoms with Crippen molar-refractivity contribution in [2.24, 2.45) is 17.6 Å². The number of carbonyl (C=O) groups excluding carboxylic acids is 1. The molecule has 0 aromatic heterocycles. The van der Waals surface area contributed by atoms with Gasteiger partial charge in [-0.05, 0) is 18.8 Å². The molecule has 3 atom stereocenters. The van der Waals surface area contributed by atoms with Crippen molar-refractivity contribution in [2.75, 3.05) is 13.7 Å². The number of nitrogens with one attached hydrogen (secondary N) is 1. The quantitative estimate of drug-likeness (QED) is 0.744. The van der Waals surface area contributed by atoms with E-state index in [-0.39, 0.29) is 18.1 Å². The highest BCUT2D eigenvalue weighted by molar-refractivity contribution is 5.76. The van der Waals surface area contributed by atoms with E-state index in [1.165, 1.54) is 32.1 Å². The maximum atomic E-state index is 11.9. The first-order valence-corrected chi connectivity index (χ1v) is 7.60. The minimum atomic E-state index is -0.169. The van der Waals surface area contributed by atoms with Crippen molar-refractivity contribution in [2.45, 2.75) is 64.5 Å². The molecule has 0 aromatic rings. The number of amides is 1. The zero-order valence-electron chi connectivity index (χ0n) is 12.7. The molecule has 4 nitrogen and oxygen atoms in total. The van der Waals surface area contributed by atoms with E-state index in [1.807, 2.05) is 0 Å². The van der Waals surface area contributed by atoms with Crippen LogP contribution in [0.4, 0.5) is 0 Å². The fourth-order valence-corrected chi connectivity index (χ4v) is 2.98. The van der Waals surface area contributed by atoms with Crippen molar-refractivity contribution in [1.29, 1.82) is 0 Å². The van der Waals surface area contributed by atoms with Crippen LogP contribution >= 0.6 is 0 Å². The zero-order valence-corrected chi connectivity index (χ0v) is 12.7. The van der Waals surface area contributed by atoms with Gasteiger partial charge in [0.1, 0.15) is 0 Å². The molecule has 3 N–H and O–H groups in total. The molecule has 4 heteroatoms. The molecular formula is C15H30N2O2. The maximum absolute atomic E-state index is 11.9. The van der Waals surface area contributed by atoms with Crippen LogP contribution in [0, 0.1) is 11.8 Å². The second-order valence-corrected chi connectivity index (χ2v) is 5.91. The van der Waals surface area contributed by atoms with Crippen LogP contribution in [0.3, 0.4) is 0 Å². The molecule has 1 aliphatic carbocycles. The van der Waals surface area contributed by atoms with Gasteiger partial charge in [-0.3, -0.25) is 4.79 Å². The molecule has 0 bridgehead atoms. The van der Waals surface area contributed by atoms with Gasteiger partial charge in [0.25, 0.3) is 0 Å². The first-order valence-electron chi connectivity index (χ1n) is 7.60. The van der Waals surface area contributed by atoms with E-state index in [9.17, 15) is 4.79 Å². The van der Waals surface area contributed by atoms with Crippen molar-refractivity contribution in [3.8, 4) is 0 Å². The van der Waals surface area contributed by atoms with E-state index in [2.05, 4.69) is 19.2 Å². The second kappa shape index (κ2) is 8.54. The van der Waals surface area contributed by atoms with Crippen LogP contribution in [-0.2, 0) is 9.53 Å². The first kappa shape index (κ1) is 16.4. The summed E-state index contributed by atoms with van der Waals surface area (Å²) in [7, 11) is 1.60. The summed E-state index contributed by atoms with van der Waals surface area (Å²) in [6, 6.07) is 0.228. The Balaban J connectivity index is 2.35. The number of carbonyl (C=O) groups is 1. The van der Waals surface area contributed by atoms with Crippen molar-refractivity contribution in [1.82, 2.24) is 5.32 Å². The number of hydrogen-bond acceptors (Lipinski definition) is 3. The summed E-state index contributed by atoms with van der Waals surface area (Å²) in [6.07, 6.45) is 6.86. The zero-order chi connectivity index (χ0) is 14.3. The molecule has 0 heterocycles. The molecule has 3 unspecified atom stereocenters. The summed E-state index contributed by atoms with van der Waals surface area (Å²) in [5.74, 6) is 1.35. The third kappa shape index (κ3) is 5.49. The summed E-state index contributed by atoms with van der Waals surface area (Å²) >= 11 is 0. The smallest absolute Gasteiger partial charge is 0.222 e. The Kier molecular flexibility index (Phi) is 7.39.